The van der Waals surface area contributed by atoms with Gasteiger partial charge >= 0.3 is 6.03 Å². The normalized spacial score (nSPS) is 25.7. The molecule has 0 unspecified atom stereocenters. The van der Waals surface area contributed by atoms with Crippen LogP contribution in [0.2, 0.25) is 5.02 Å². The van der Waals surface area contributed by atoms with Gasteiger partial charge in [0.2, 0.25) is 0 Å². The van der Waals surface area contributed by atoms with E-state index in [4.69, 9.17) is 16.3 Å². The van der Waals surface area contributed by atoms with Gasteiger partial charge in [0.15, 0.2) is 0 Å². The van der Waals surface area contributed by atoms with Gasteiger partial charge in [-0.2, -0.15) is 0 Å². The molecule has 1 aromatic carbocycles. The van der Waals surface area contributed by atoms with Crippen LogP contribution in [0.25, 0.3) is 0 Å². The van der Waals surface area contributed by atoms with Crippen molar-refractivity contribution in [2.75, 3.05) is 6.61 Å². The molecule has 2 amide bonds. The van der Waals surface area contributed by atoms with Crippen LogP contribution in [0, 0.1) is 11.7 Å². The Labute approximate surface area is 140 Å². The first kappa shape index (κ1) is 16.5. The molecule has 3 atom stereocenters. The molecular weight excluding hydrogens is 319 g/mol. The number of ether oxygens (including phenoxy) is 1. The molecule has 1 aromatic rings. The summed E-state index contributed by atoms with van der Waals surface area (Å²) in [7, 11) is 0. The number of benzene rings is 1. The Bertz CT molecular complexity index is 580. The molecule has 6 heteroatoms. The van der Waals surface area contributed by atoms with Crippen molar-refractivity contribution in [3.63, 3.8) is 0 Å². The fourth-order valence-corrected chi connectivity index (χ4v) is 3.16. The van der Waals surface area contributed by atoms with Gasteiger partial charge in [-0.05, 0) is 56.2 Å². The topological polar surface area (TPSA) is 50.4 Å². The number of halogens is 2. The standard InChI is InChI=1S/C17H22ClFN2O2/c1-10(12-4-5-14(18)15(19)8-12)20-17(22)21-13-6-7-23-16(9-13)11-2-3-11/h4-5,8,10-11,13,16H,2-3,6-7,9H2,1H3,(H2,20,21,22)/t10-,13-,16-/m0/s1. The van der Waals surface area contributed by atoms with E-state index in [1.807, 2.05) is 6.92 Å². The summed E-state index contributed by atoms with van der Waals surface area (Å²) in [4.78, 5) is 12.2. The van der Waals surface area contributed by atoms with Crippen LogP contribution in [-0.2, 0) is 4.74 Å². The Morgan fingerprint density at radius 1 is 1.39 bits per heavy atom. The molecule has 1 heterocycles. The predicted octanol–water partition coefficient (Wildman–Crippen LogP) is 3.80. The lowest BCUT2D eigenvalue weighted by atomic mass is 10.0. The number of amides is 2. The molecule has 1 saturated heterocycles. The number of carbonyl (C=O) groups is 1. The minimum Gasteiger partial charge on any atom is -0.378 e. The van der Waals surface area contributed by atoms with Crippen LogP contribution in [0.5, 0.6) is 0 Å². The minimum atomic E-state index is -0.477. The monoisotopic (exact) mass is 340 g/mol. The quantitative estimate of drug-likeness (QED) is 0.876. The first-order valence-corrected chi connectivity index (χ1v) is 8.54. The van der Waals surface area contributed by atoms with Crippen molar-refractivity contribution in [2.24, 2.45) is 5.92 Å². The fourth-order valence-electron chi connectivity index (χ4n) is 3.04. The molecule has 0 aromatic heterocycles. The van der Waals surface area contributed by atoms with Crippen LogP contribution in [0.1, 0.15) is 44.2 Å². The summed E-state index contributed by atoms with van der Waals surface area (Å²) in [6.07, 6.45) is 4.48. The Balaban J connectivity index is 1.50. The minimum absolute atomic E-state index is 0.0822. The highest BCUT2D eigenvalue weighted by molar-refractivity contribution is 6.30. The van der Waals surface area contributed by atoms with Crippen molar-refractivity contribution in [3.8, 4) is 0 Å². The van der Waals surface area contributed by atoms with E-state index in [-0.39, 0.29) is 29.2 Å². The van der Waals surface area contributed by atoms with E-state index in [0.29, 0.717) is 18.1 Å². The third-order valence-corrected chi connectivity index (χ3v) is 4.90. The average molecular weight is 341 g/mol. The van der Waals surface area contributed by atoms with Gasteiger partial charge in [0.25, 0.3) is 0 Å². The highest BCUT2D eigenvalue weighted by Gasteiger charge is 2.36. The summed E-state index contributed by atoms with van der Waals surface area (Å²) in [6.45, 7) is 2.52. The zero-order valence-electron chi connectivity index (χ0n) is 13.1. The summed E-state index contributed by atoms with van der Waals surface area (Å²) in [5.74, 6) is 0.202. The second-order valence-corrected chi connectivity index (χ2v) is 6.89. The second kappa shape index (κ2) is 7.05. The van der Waals surface area contributed by atoms with Crippen molar-refractivity contribution in [1.29, 1.82) is 0 Å². The largest absolute Gasteiger partial charge is 0.378 e. The van der Waals surface area contributed by atoms with E-state index in [9.17, 15) is 9.18 Å². The van der Waals surface area contributed by atoms with Crippen LogP contribution >= 0.6 is 11.6 Å². The molecule has 1 saturated carbocycles. The third-order valence-electron chi connectivity index (χ3n) is 4.59. The Kier molecular flexibility index (Phi) is 5.07. The molecule has 4 nitrogen and oxygen atoms in total. The number of urea groups is 1. The van der Waals surface area contributed by atoms with Gasteiger partial charge < -0.3 is 15.4 Å². The molecule has 1 aliphatic heterocycles. The number of rotatable bonds is 4. The van der Waals surface area contributed by atoms with E-state index in [1.54, 1.807) is 6.07 Å². The highest BCUT2D eigenvalue weighted by atomic mass is 35.5. The Morgan fingerprint density at radius 2 is 2.17 bits per heavy atom. The summed E-state index contributed by atoms with van der Waals surface area (Å²) in [5, 5.41) is 5.94. The first-order chi connectivity index (χ1) is 11.0. The maximum atomic E-state index is 13.5. The average Bonchev–Trinajstić information content (AvgIpc) is 3.35. The van der Waals surface area contributed by atoms with Crippen molar-refractivity contribution in [2.45, 2.75) is 50.8 Å². The van der Waals surface area contributed by atoms with Crippen LogP contribution in [0.3, 0.4) is 0 Å². The fraction of sp³-hybridized carbons (Fsp3) is 0.588. The highest BCUT2D eigenvalue weighted by Crippen LogP contribution is 2.38. The molecule has 2 aliphatic rings. The van der Waals surface area contributed by atoms with Crippen molar-refractivity contribution in [3.05, 3.63) is 34.6 Å². The van der Waals surface area contributed by atoms with E-state index >= 15 is 0 Å². The van der Waals surface area contributed by atoms with E-state index in [0.717, 1.165) is 12.8 Å². The van der Waals surface area contributed by atoms with Crippen molar-refractivity contribution in [1.82, 2.24) is 10.6 Å². The van der Waals surface area contributed by atoms with Gasteiger partial charge in [0, 0.05) is 12.6 Å². The van der Waals surface area contributed by atoms with Crippen LogP contribution < -0.4 is 10.6 Å². The van der Waals surface area contributed by atoms with Gasteiger partial charge in [0.05, 0.1) is 17.2 Å². The summed E-state index contributed by atoms with van der Waals surface area (Å²) >= 11 is 5.68. The number of carbonyl (C=O) groups excluding carboxylic acids is 1. The molecule has 2 N–H and O–H groups in total. The number of hydrogen-bond donors (Lipinski definition) is 2. The maximum Gasteiger partial charge on any atom is 0.315 e. The molecule has 23 heavy (non-hydrogen) atoms. The maximum absolute atomic E-state index is 13.5. The lowest BCUT2D eigenvalue weighted by Gasteiger charge is -2.30. The summed E-state index contributed by atoms with van der Waals surface area (Å²) < 4.78 is 19.3. The lowest BCUT2D eigenvalue weighted by molar-refractivity contribution is -0.00917. The van der Waals surface area contributed by atoms with Gasteiger partial charge in [0.1, 0.15) is 5.82 Å². The van der Waals surface area contributed by atoms with E-state index in [1.165, 1.54) is 25.0 Å². The SMILES string of the molecule is C[C@H](NC(=O)N[C@H]1CCO[C@H](C2CC2)C1)c1ccc(Cl)c(F)c1. The molecule has 1 aliphatic carbocycles. The summed E-state index contributed by atoms with van der Waals surface area (Å²) in [5.41, 5.74) is 0.685. The lowest BCUT2D eigenvalue weighted by Crippen LogP contribution is -2.47. The molecule has 126 valence electrons. The van der Waals surface area contributed by atoms with E-state index < -0.39 is 5.82 Å². The molecule has 0 spiro atoms. The molecule has 3 rings (SSSR count). The van der Waals surface area contributed by atoms with E-state index in [2.05, 4.69) is 10.6 Å². The zero-order valence-corrected chi connectivity index (χ0v) is 13.9. The third kappa shape index (κ3) is 4.36. The van der Waals surface area contributed by atoms with Crippen molar-refractivity contribution < 1.29 is 13.9 Å². The first-order valence-electron chi connectivity index (χ1n) is 8.16. The number of hydrogen-bond acceptors (Lipinski definition) is 2. The predicted molar refractivity (Wildman–Crippen MR) is 87.0 cm³/mol. The zero-order chi connectivity index (χ0) is 16.4. The van der Waals surface area contributed by atoms with Gasteiger partial charge in [-0.1, -0.05) is 17.7 Å². The Hall–Kier alpha value is -1.33. The van der Waals surface area contributed by atoms with Crippen molar-refractivity contribution >= 4 is 17.6 Å². The van der Waals surface area contributed by atoms with Gasteiger partial charge in [-0.3, -0.25) is 0 Å². The summed E-state index contributed by atoms with van der Waals surface area (Å²) in [6, 6.07) is 4.19. The molecule has 2 fully saturated rings. The van der Waals surface area contributed by atoms with Crippen LogP contribution in [0.4, 0.5) is 9.18 Å². The van der Waals surface area contributed by atoms with Crippen LogP contribution in [0.15, 0.2) is 18.2 Å². The Morgan fingerprint density at radius 3 is 2.87 bits per heavy atom. The molecular formula is C17H22ClFN2O2. The molecule has 0 bridgehead atoms. The van der Waals surface area contributed by atoms with Gasteiger partial charge in [-0.25, -0.2) is 9.18 Å². The van der Waals surface area contributed by atoms with Crippen LogP contribution in [-0.4, -0.2) is 24.8 Å². The smallest absolute Gasteiger partial charge is 0.315 e. The molecule has 0 radical (unpaired) electrons. The second-order valence-electron chi connectivity index (χ2n) is 6.48. The number of nitrogens with one attached hydrogen (secondary N) is 2. The van der Waals surface area contributed by atoms with Gasteiger partial charge in [-0.15, -0.1) is 0 Å².